The van der Waals surface area contributed by atoms with Gasteiger partial charge in [-0.25, -0.2) is 0 Å². The summed E-state index contributed by atoms with van der Waals surface area (Å²) in [6.45, 7) is 2.88. The first kappa shape index (κ1) is 12.0. The Morgan fingerprint density at radius 1 is 1.41 bits per heavy atom. The highest BCUT2D eigenvalue weighted by molar-refractivity contribution is 6.31. The van der Waals surface area contributed by atoms with Gasteiger partial charge in [-0.3, -0.25) is 4.68 Å². The molecule has 90 valence electrons. The number of hydrogen-bond acceptors (Lipinski definition) is 4. The third kappa shape index (κ3) is 2.45. The number of nitrogens with zero attached hydrogens (tertiary/aromatic N) is 4. The SMILES string of the molecule is CCCn1ncc(Cl)c1C(N)c1ccnnc1. The maximum Gasteiger partial charge on any atom is 0.0837 e. The number of aromatic nitrogens is 4. The number of halogens is 1. The summed E-state index contributed by atoms with van der Waals surface area (Å²) >= 11 is 6.13. The lowest BCUT2D eigenvalue weighted by atomic mass is 10.1. The summed E-state index contributed by atoms with van der Waals surface area (Å²) in [5.41, 5.74) is 7.88. The largest absolute Gasteiger partial charge is 0.319 e. The highest BCUT2D eigenvalue weighted by Gasteiger charge is 2.18. The Bertz CT molecular complexity index is 482. The molecule has 0 fully saturated rings. The molecule has 17 heavy (non-hydrogen) atoms. The van der Waals surface area contributed by atoms with Crippen LogP contribution in [0, 0.1) is 0 Å². The monoisotopic (exact) mass is 251 g/mol. The highest BCUT2D eigenvalue weighted by atomic mass is 35.5. The zero-order valence-corrected chi connectivity index (χ0v) is 10.3. The van der Waals surface area contributed by atoms with E-state index in [9.17, 15) is 0 Å². The first-order chi connectivity index (χ1) is 8.24. The minimum Gasteiger partial charge on any atom is -0.319 e. The number of hydrogen-bond donors (Lipinski definition) is 1. The van der Waals surface area contributed by atoms with Gasteiger partial charge in [0.1, 0.15) is 0 Å². The Morgan fingerprint density at radius 3 is 2.88 bits per heavy atom. The zero-order valence-electron chi connectivity index (χ0n) is 9.55. The van der Waals surface area contributed by atoms with Crippen molar-refractivity contribution in [3.8, 4) is 0 Å². The van der Waals surface area contributed by atoms with E-state index in [0.717, 1.165) is 24.2 Å². The fourth-order valence-electron chi connectivity index (χ4n) is 1.71. The van der Waals surface area contributed by atoms with Crippen molar-refractivity contribution < 1.29 is 0 Å². The van der Waals surface area contributed by atoms with E-state index in [4.69, 9.17) is 17.3 Å². The third-order valence-electron chi connectivity index (χ3n) is 2.53. The van der Waals surface area contributed by atoms with Crippen molar-refractivity contribution in [2.24, 2.45) is 5.73 Å². The molecule has 1 unspecified atom stereocenters. The molecule has 2 rings (SSSR count). The van der Waals surface area contributed by atoms with Crippen LogP contribution < -0.4 is 5.73 Å². The molecule has 5 nitrogen and oxygen atoms in total. The second kappa shape index (κ2) is 5.25. The smallest absolute Gasteiger partial charge is 0.0837 e. The van der Waals surface area contributed by atoms with E-state index >= 15 is 0 Å². The second-order valence-corrected chi connectivity index (χ2v) is 4.16. The van der Waals surface area contributed by atoms with Crippen molar-refractivity contribution >= 4 is 11.6 Å². The van der Waals surface area contributed by atoms with Gasteiger partial charge >= 0.3 is 0 Å². The molecule has 0 radical (unpaired) electrons. The summed E-state index contributed by atoms with van der Waals surface area (Å²) in [5.74, 6) is 0. The molecule has 0 saturated heterocycles. The summed E-state index contributed by atoms with van der Waals surface area (Å²) in [7, 11) is 0. The fourth-order valence-corrected chi connectivity index (χ4v) is 1.97. The predicted molar refractivity (Wildman–Crippen MR) is 65.6 cm³/mol. The molecular formula is C11H14ClN5. The molecule has 2 aromatic rings. The van der Waals surface area contributed by atoms with Gasteiger partial charge in [-0.2, -0.15) is 15.3 Å². The lowest BCUT2D eigenvalue weighted by molar-refractivity contribution is 0.559. The first-order valence-corrected chi connectivity index (χ1v) is 5.85. The molecule has 0 aliphatic heterocycles. The van der Waals surface area contributed by atoms with E-state index in [1.807, 2.05) is 10.7 Å². The Balaban J connectivity index is 2.36. The van der Waals surface area contributed by atoms with Crippen LogP contribution in [0.4, 0.5) is 0 Å². The molecule has 0 amide bonds. The number of nitrogens with two attached hydrogens (primary N) is 1. The van der Waals surface area contributed by atoms with Crippen LogP contribution in [0.2, 0.25) is 5.02 Å². The third-order valence-corrected chi connectivity index (χ3v) is 2.82. The second-order valence-electron chi connectivity index (χ2n) is 3.75. The summed E-state index contributed by atoms with van der Waals surface area (Å²) in [4.78, 5) is 0. The van der Waals surface area contributed by atoms with Crippen molar-refractivity contribution in [2.45, 2.75) is 25.9 Å². The molecule has 0 aliphatic carbocycles. The lowest BCUT2D eigenvalue weighted by Crippen LogP contribution is -2.18. The Kier molecular flexibility index (Phi) is 3.71. The summed E-state index contributed by atoms with van der Waals surface area (Å²) in [6.07, 6.45) is 5.86. The summed E-state index contributed by atoms with van der Waals surface area (Å²) in [6, 6.07) is 1.50. The van der Waals surface area contributed by atoms with Crippen LogP contribution in [0.1, 0.15) is 30.6 Å². The van der Waals surface area contributed by atoms with Gasteiger partial charge in [0.05, 0.1) is 29.2 Å². The van der Waals surface area contributed by atoms with Gasteiger partial charge in [0, 0.05) is 12.7 Å². The van der Waals surface area contributed by atoms with Crippen molar-refractivity contribution in [3.05, 3.63) is 40.9 Å². The Hall–Kier alpha value is -1.46. The van der Waals surface area contributed by atoms with Crippen molar-refractivity contribution in [3.63, 3.8) is 0 Å². The van der Waals surface area contributed by atoms with E-state index < -0.39 is 0 Å². The highest BCUT2D eigenvalue weighted by Crippen LogP contribution is 2.25. The molecule has 0 saturated carbocycles. The van der Waals surface area contributed by atoms with Crippen molar-refractivity contribution in [1.82, 2.24) is 20.0 Å². The minimum absolute atomic E-state index is 0.327. The molecule has 0 spiro atoms. The van der Waals surface area contributed by atoms with E-state index in [1.165, 1.54) is 0 Å². The van der Waals surface area contributed by atoms with Crippen LogP contribution >= 0.6 is 11.6 Å². The van der Waals surface area contributed by atoms with Crippen LogP contribution in [0.15, 0.2) is 24.7 Å². The number of rotatable bonds is 4. The average Bonchev–Trinajstić information content (AvgIpc) is 2.71. The van der Waals surface area contributed by atoms with Crippen molar-refractivity contribution in [2.75, 3.05) is 0 Å². The quantitative estimate of drug-likeness (QED) is 0.899. The van der Waals surface area contributed by atoms with Crippen molar-refractivity contribution in [1.29, 1.82) is 0 Å². The Labute approximate surface area is 105 Å². The fraction of sp³-hybridized carbons (Fsp3) is 0.364. The van der Waals surface area contributed by atoms with Crippen LogP contribution in [-0.2, 0) is 6.54 Å². The molecule has 0 aromatic carbocycles. The van der Waals surface area contributed by atoms with Crippen LogP contribution in [0.3, 0.4) is 0 Å². The van der Waals surface area contributed by atoms with Gasteiger partial charge in [0.25, 0.3) is 0 Å². The normalized spacial score (nSPS) is 12.6. The van der Waals surface area contributed by atoms with Crippen LogP contribution in [-0.4, -0.2) is 20.0 Å². The van der Waals surface area contributed by atoms with Gasteiger partial charge in [0.15, 0.2) is 0 Å². The molecule has 6 heteroatoms. The maximum absolute atomic E-state index is 6.18. The Morgan fingerprint density at radius 2 is 2.24 bits per heavy atom. The molecule has 2 aromatic heterocycles. The molecular weight excluding hydrogens is 238 g/mol. The van der Waals surface area contributed by atoms with Gasteiger partial charge in [-0.15, -0.1) is 0 Å². The molecule has 2 N–H and O–H groups in total. The minimum atomic E-state index is -0.327. The maximum atomic E-state index is 6.18. The van der Waals surface area contributed by atoms with Gasteiger partial charge in [-0.1, -0.05) is 18.5 Å². The van der Waals surface area contributed by atoms with Crippen LogP contribution in [0.25, 0.3) is 0 Å². The van der Waals surface area contributed by atoms with E-state index in [1.54, 1.807) is 18.6 Å². The van der Waals surface area contributed by atoms with E-state index in [2.05, 4.69) is 22.2 Å². The van der Waals surface area contributed by atoms with E-state index in [0.29, 0.717) is 5.02 Å². The molecule has 2 heterocycles. The summed E-state index contributed by atoms with van der Waals surface area (Å²) < 4.78 is 1.84. The molecule has 0 bridgehead atoms. The van der Waals surface area contributed by atoms with E-state index in [-0.39, 0.29) is 6.04 Å². The standard InChI is InChI=1S/C11H14ClN5/c1-2-5-17-11(9(12)7-16-17)10(13)8-3-4-14-15-6-8/h3-4,6-7,10H,2,5,13H2,1H3. The van der Waals surface area contributed by atoms with Gasteiger partial charge in [-0.05, 0) is 18.1 Å². The number of aryl methyl sites for hydroxylation is 1. The molecule has 1 atom stereocenters. The topological polar surface area (TPSA) is 69.6 Å². The first-order valence-electron chi connectivity index (χ1n) is 5.47. The zero-order chi connectivity index (χ0) is 12.3. The molecule has 0 aliphatic rings. The van der Waals surface area contributed by atoms with Gasteiger partial charge in [0.2, 0.25) is 0 Å². The van der Waals surface area contributed by atoms with Crippen LogP contribution in [0.5, 0.6) is 0 Å². The lowest BCUT2D eigenvalue weighted by Gasteiger charge is -2.14. The summed E-state index contributed by atoms with van der Waals surface area (Å²) in [5, 5.41) is 12.4. The predicted octanol–water partition coefficient (Wildman–Crippen LogP) is 1.78. The average molecular weight is 252 g/mol. The van der Waals surface area contributed by atoms with Gasteiger partial charge < -0.3 is 5.73 Å².